The fourth-order valence-electron chi connectivity index (χ4n) is 5.09. The van der Waals surface area contributed by atoms with E-state index in [-0.39, 0.29) is 35.4 Å². The Bertz CT molecular complexity index is 1260. The molecule has 3 aromatic rings. The molecule has 1 heterocycles. The van der Waals surface area contributed by atoms with Crippen molar-refractivity contribution in [2.75, 3.05) is 27.9 Å². The first-order valence-corrected chi connectivity index (χ1v) is 10.9. The van der Waals surface area contributed by atoms with E-state index in [0.29, 0.717) is 52.2 Å². The minimum absolute atomic E-state index is 0.0312. The molecule has 178 valence electrons. The maximum atomic E-state index is 10.9. The van der Waals surface area contributed by atoms with Crippen LogP contribution in [0.4, 0.5) is 0 Å². The molecule has 8 heteroatoms. The van der Waals surface area contributed by atoms with Gasteiger partial charge in [-0.3, -0.25) is 0 Å². The zero-order valence-electron chi connectivity index (χ0n) is 19.1. The second-order valence-electron chi connectivity index (χ2n) is 8.45. The molecule has 0 aromatic heterocycles. The number of aliphatic hydroxyl groups excluding tert-OH is 1. The Kier molecular flexibility index (Phi) is 5.32. The molecular formula is C26H26O8. The van der Waals surface area contributed by atoms with E-state index in [1.165, 1.54) is 20.3 Å². The molecule has 0 fully saturated rings. The second kappa shape index (κ2) is 8.22. The lowest BCUT2D eigenvalue weighted by atomic mass is 9.81. The quantitative estimate of drug-likeness (QED) is 0.449. The number of fused-ring (bicyclic) bond motifs is 5. The van der Waals surface area contributed by atoms with Crippen LogP contribution in [-0.4, -0.2) is 48.4 Å². The van der Waals surface area contributed by atoms with Gasteiger partial charge in [-0.05, 0) is 42.7 Å². The Morgan fingerprint density at radius 3 is 2.18 bits per heavy atom. The molecule has 2 atom stereocenters. The minimum atomic E-state index is -0.639. The molecule has 0 spiro atoms. The van der Waals surface area contributed by atoms with E-state index >= 15 is 0 Å². The molecule has 1 aliphatic carbocycles. The Hall–Kier alpha value is -3.78. The Morgan fingerprint density at radius 2 is 1.56 bits per heavy atom. The maximum Gasteiger partial charge on any atom is 0.200 e. The average Bonchev–Trinajstić information content (AvgIpc) is 3.21. The normalized spacial score (nSPS) is 17.9. The van der Waals surface area contributed by atoms with Crippen LogP contribution in [0.15, 0.2) is 30.3 Å². The van der Waals surface area contributed by atoms with Crippen LogP contribution in [0.3, 0.4) is 0 Å². The first-order chi connectivity index (χ1) is 16.4. The van der Waals surface area contributed by atoms with Crippen molar-refractivity contribution >= 4 is 0 Å². The van der Waals surface area contributed by atoms with E-state index in [1.807, 2.05) is 6.07 Å². The fraction of sp³-hybridized carbons (Fsp3) is 0.308. The number of hydrogen-bond acceptors (Lipinski definition) is 8. The van der Waals surface area contributed by atoms with E-state index in [4.69, 9.17) is 18.9 Å². The van der Waals surface area contributed by atoms with E-state index < -0.39 is 12.0 Å². The van der Waals surface area contributed by atoms with Gasteiger partial charge in [-0.15, -0.1) is 0 Å². The van der Waals surface area contributed by atoms with Crippen molar-refractivity contribution in [3.8, 4) is 51.4 Å². The van der Waals surface area contributed by atoms with Crippen molar-refractivity contribution in [3.05, 3.63) is 52.6 Å². The largest absolute Gasteiger partial charge is 0.508 e. The summed E-state index contributed by atoms with van der Waals surface area (Å²) in [7, 11) is 4.42. The van der Waals surface area contributed by atoms with Crippen LogP contribution in [0.2, 0.25) is 0 Å². The zero-order valence-corrected chi connectivity index (χ0v) is 19.1. The number of hydrogen-bond donors (Lipinski definition) is 4. The van der Waals surface area contributed by atoms with Crippen LogP contribution in [0.1, 0.15) is 34.3 Å². The summed E-state index contributed by atoms with van der Waals surface area (Å²) in [6, 6.07) is 8.32. The number of aromatic hydroxyl groups is 3. The van der Waals surface area contributed by atoms with Gasteiger partial charge in [-0.2, -0.15) is 0 Å². The lowest BCUT2D eigenvalue weighted by Gasteiger charge is -2.25. The van der Waals surface area contributed by atoms with Gasteiger partial charge in [0.05, 0.1) is 33.9 Å². The summed E-state index contributed by atoms with van der Waals surface area (Å²) in [6.45, 7) is -0.247. The van der Waals surface area contributed by atoms with E-state index in [9.17, 15) is 20.4 Å². The molecule has 5 rings (SSSR count). The summed E-state index contributed by atoms with van der Waals surface area (Å²) >= 11 is 0. The average molecular weight is 466 g/mol. The molecule has 0 saturated carbocycles. The highest BCUT2D eigenvalue weighted by atomic mass is 16.5. The number of phenolic OH excluding ortho intramolecular Hbond substituents is 3. The topological polar surface area (TPSA) is 118 Å². The molecule has 3 aromatic carbocycles. The van der Waals surface area contributed by atoms with Crippen LogP contribution in [0.25, 0.3) is 11.1 Å². The Labute approximate surface area is 196 Å². The molecular weight excluding hydrogens is 440 g/mol. The van der Waals surface area contributed by atoms with Gasteiger partial charge in [0.15, 0.2) is 11.5 Å². The van der Waals surface area contributed by atoms with Crippen molar-refractivity contribution in [2.45, 2.75) is 24.9 Å². The van der Waals surface area contributed by atoms with E-state index in [1.54, 1.807) is 25.3 Å². The zero-order chi connectivity index (χ0) is 24.1. The number of phenols is 3. The predicted molar refractivity (Wildman–Crippen MR) is 124 cm³/mol. The second-order valence-corrected chi connectivity index (χ2v) is 8.45. The third-order valence-electron chi connectivity index (χ3n) is 6.73. The van der Waals surface area contributed by atoms with Crippen molar-refractivity contribution < 1.29 is 39.4 Å². The van der Waals surface area contributed by atoms with Gasteiger partial charge in [0.25, 0.3) is 0 Å². The number of benzene rings is 3. The molecule has 4 N–H and O–H groups in total. The van der Waals surface area contributed by atoms with Crippen molar-refractivity contribution in [3.63, 3.8) is 0 Å². The summed E-state index contributed by atoms with van der Waals surface area (Å²) < 4.78 is 22.4. The molecule has 0 bridgehead atoms. The third-order valence-corrected chi connectivity index (χ3v) is 6.73. The number of aryl methyl sites for hydroxylation is 1. The van der Waals surface area contributed by atoms with Gasteiger partial charge < -0.3 is 39.4 Å². The monoisotopic (exact) mass is 466 g/mol. The highest BCUT2D eigenvalue weighted by Crippen LogP contribution is 2.57. The van der Waals surface area contributed by atoms with Crippen LogP contribution in [-0.2, 0) is 12.8 Å². The molecule has 0 amide bonds. The van der Waals surface area contributed by atoms with Gasteiger partial charge in [0.2, 0.25) is 5.75 Å². The number of ether oxygens (including phenoxy) is 4. The third kappa shape index (κ3) is 3.17. The van der Waals surface area contributed by atoms with Gasteiger partial charge in [0.1, 0.15) is 29.1 Å². The SMILES string of the molecule is COc1cc(O)c2c(c1)CCc1c(O)cc3c(c1-2)O[C@H](c1cc(OC)c(O)c(OC)c1)[C@H]3CO. The molecule has 34 heavy (non-hydrogen) atoms. The highest BCUT2D eigenvalue weighted by Gasteiger charge is 2.41. The van der Waals surface area contributed by atoms with Crippen molar-refractivity contribution in [1.29, 1.82) is 0 Å². The molecule has 0 unspecified atom stereocenters. The van der Waals surface area contributed by atoms with Crippen LogP contribution in [0, 0.1) is 0 Å². The molecule has 8 nitrogen and oxygen atoms in total. The predicted octanol–water partition coefficient (Wildman–Crippen LogP) is 3.80. The standard InChI is InChI=1S/C26H26O8/c1-31-14-6-12-4-5-15-18(28)10-16-17(11-27)25(34-26(16)23(15)22(12)19(29)9-14)13-7-20(32-2)24(30)21(8-13)33-3/h6-10,17,25,27-30H,4-5,11H2,1-3H3/t17-,25+/m0/s1. The highest BCUT2D eigenvalue weighted by molar-refractivity contribution is 5.87. The van der Waals surface area contributed by atoms with Crippen LogP contribution in [0.5, 0.6) is 40.2 Å². The minimum Gasteiger partial charge on any atom is -0.508 e. The number of methoxy groups -OCH3 is 3. The van der Waals surface area contributed by atoms with Crippen molar-refractivity contribution in [1.82, 2.24) is 0 Å². The summed E-state index contributed by atoms with van der Waals surface area (Å²) in [5.41, 5.74) is 4.05. The summed E-state index contributed by atoms with van der Waals surface area (Å²) in [6.07, 6.45) is 0.547. The molecule has 1 aliphatic heterocycles. The summed E-state index contributed by atoms with van der Waals surface area (Å²) in [5, 5.41) is 42.4. The lowest BCUT2D eigenvalue weighted by Crippen LogP contribution is -2.13. The summed E-state index contributed by atoms with van der Waals surface area (Å²) in [5.74, 6) is 0.970. The van der Waals surface area contributed by atoms with E-state index in [0.717, 1.165) is 5.56 Å². The van der Waals surface area contributed by atoms with E-state index in [2.05, 4.69) is 0 Å². The first kappa shape index (κ1) is 22.0. The van der Waals surface area contributed by atoms with Gasteiger partial charge in [0, 0.05) is 33.9 Å². The summed E-state index contributed by atoms with van der Waals surface area (Å²) in [4.78, 5) is 0. The lowest BCUT2D eigenvalue weighted by molar-refractivity contribution is 0.159. The Morgan fingerprint density at radius 1 is 0.853 bits per heavy atom. The molecule has 2 aliphatic rings. The van der Waals surface area contributed by atoms with Crippen LogP contribution < -0.4 is 18.9 Å². The fourth-order valence-corrected chi connectivity index (χ4v) is 5.09. The number of rotatable bonds is 5. The van der Waals surface area contributed by atoms with Gasteiger partial charge in [-0.25, -0.2) is 0 Å². The Balaban J connectivity index is 1.70. The smallest absolute Gasteiger partial charge is 0.200 e. The van der Waals surface area contributed by atoms with Gasteiger partial charge in [-0.1, -0.05) is 0 Å². The molecule has 0 radical (unpaired) electrons. The molecule has 0 saturated heterocycles. The van der Waals surface area contributed by atoms with Crippen LogP contribution >= 0.6 is 0 Å². The number of aliphatic hydroxyl groups is 1. The van der Waals surface area contributed by atoms with Crippen molar-refractivity contribution in [2.24, 2.45) is 0 Å². The maximum absolute atomic E-state index is 10.9. The first-order valence-electron chi connectivity index (χ1n) is 10.9. The van der Waals surface area contributed by atoms with Gasteiger partial charge >= 0.3 is 0 Å².